The lowest BCUT2D eigenvalue weighted by Crippen LogP contribution is -2.41. The topological polar surface area (TPSA) is 46.6 Å². The summed E-state index contributed by atoms with van der Waals surface area (Å²) in [6.45, 7) is 1.30. The van der Waals surface area contributed by atoms with Gasteiger partial charge in [-0.05, 0) is 42.7 Å². The number of carbonyl (C=O) groups excluding carboxylic acids is 2. The van der Waals surface area contributed by atoms with Gasteiger partial charge >= 0.3 is 0 Å². The molecule has 4 nitrogen and oxygen atoms in total. The summed E-state index contributed by atoms with van der Waals surface area (Å²) in [5, 5.41) is 0. The smallest absolute Gasteiger partial charge is 0.226 e. The number of ether oxygens (including phenoxy) is 1. The zero-order valence-electron chi connectivity index (χ0n) is 14.5. The molecule has 0 N–H and O–H groups in total. The molecule has 3 rings (SSSR count). The van der Waals surface area contributed by atoms with Gasteiger partial charge in [-0.3, -0.25) is 9.59 Å². The average molecular weight is 337 g/mol. The molecule has 0 aromatic heterocycles. The Bertz CT molecular complexity index is 717. The maximum absolute atomic E-state index is 12.6. The van der Waals surface area contributed by atoms with E-state index in [1.165, 1.54) is 0 Å². The fourth-order valence-corrected chi connectivity index (χ4v) is 3.26. The molecule has 2 aromatic carbocycles. The van der Waals surface area contributed by atoms with E-state index in [-0.39, 0.29) is 17.6 Å². The highest BCUT2D eigenvalue weighted by Crippen LogP contribution is 2.23. The van der Waals surface area contributed by atoms with Gasteiger partial charge in [0, 0.05) is 24.6 Å². The molecule has 0 bridgehead atoms. The summed E-state index contributed by atoms with van der Waals surface area (Å²) in [5.41, 5.74) is 1.75. The number of hydrogen-bond acceptors (Lipinski definition) is 3. The molecule has 1 heterocycles. The number of piperidine rings is 1. The van der Waals surface area contributed by atoms with Gasteiger partial charge in [0.15, 0.2) is 5.78 Å². The van der Waals surface area contributed by atoms with Crippen LogP contribution in [0.2, 0.25) is 0 Å². The Morgan fingerprint density at radius 1 is 1.00 bits per heavy atom. The van der Waals surface area contributed by atoms with E-state index in [1.807, 2.05) is 59.5 Å². The zero-order valence-corrected chi connectivity index (χ0v) is 14.5. The third-order valence-corrected chi connectivity index (χ3v) is 4.79. The number of ketones is 1. The molecule has 0 atom stereocenters. The first-order valence-corrected chi connectivity index (χ1v) is 8.67. The van der Waals surface area contributed by atoms with Crippen LogP contribution in [0.5, 0.6) is 5.75 Å². The van der Waals surface area contributed by atoms with Crippen molar-refractivity contribution in [3.63, 3.8) is 0 Å². The molecule has 0 spiro atoms. The molecule has 25 heavy (non-hydrogen) atoms. The summed E-state index contributed by atoms with van der Waals surface area (Å²) >= 11 is 0. The number of rotatable bonds is 5. The number of methoxy groups -OCH3 is 1. The van der Waals surface area contributed by atoms with Crippen LogP contribution in [0, 0.1) is 5.92 Å². The Kier molecular flexibility index (Phi) is 5.49. The van der Waals surface area contributed by atoms with Crippen molar-refractivity contribution in [3.05, 3.63) is 65.7 Å². The zero-order chi connectivity index (χ0) is 17.6. The van der Waals surface area contributed by atoms with Crippen molar-refractivity contribution in [2.75, 3.05) is 20.2 Å². The van der Waals surface area contributed by atoms with Crippen molar-refractivity contribution >= 4 is 11.7 Å². The van der Waals surface area contributed by atoms with Crippen molar-refractivity contribution < 1.29 is 14.3 Å². The summed E-state index contributed by atoms with van der Waals surface area (Å²) in [6.07, 6.45) is 1.88. The summed E-state index contributed by atoms with van der Waals surface area (Å²) in [5.74, 6) is 1.05. The van der Waals surface area contributed by atoms with Gasteiger partial charge in [-0.1, -0.05) is 30.3 Å². The molecular weight excluding hydrogens is 314 g/mol. The Hall–Kier alpha value is -2.62. The van der Waals surface area contributed by atoms with Crippen molar-refractivity contribution in [1.29, 1.82) is 0 Å². The molecule has 1 saturated heterocycles. The van der Waals surface area contributed by atoms with E-state index >= 15 is 0 Å². The lowest BCUT2D eigenvalue weighted by atomic mass is 9.88. The fourth-order valence-electron chi connectivity index (χ4n) is 3.26. The maximum atomic E-state index is 12.6. The Morgan fingerprint density at radius 2 is 1.64 bits per heavy atom. The molecule has 4 heteroatoms. The minimum absolute atomic E-state index is 0.00540. The normalized spacial score (nSPS) is 15.0. The standard InChI is InChI=1S/C21H23NO3/c1-25-19-9-7-17(8-10-19)21(24)18-11-13-22(14-12-18)20(23)15-16-5-3-2-4-6-16/h2-10,18H,11-15H2,1H3. The Morgan fingerprint density at radius 3 is 2.24 bits per heavy atom. The van der Waals surface area contributed by atoms with Gasteiger partial charge < -0.3 is 9.64 Å². The molecule has 0 saturated carbocycles. The summed E-state index contributed by atoms with van der Waals surface area (Å²) < 4.78 is 5.13. The quantitative estimate of drug-likeness (QED) is 0.786. The molecule has 1 aliphatic heterocycles. The lowest BCUT2D eigenvalue weighted by molar-refractivity contribution is -0.131. The monoisotopic (exact) mass is 337 g/mol. The van der Waals surface area contributed by atoms with Crippen LogP contribution in [0.1, 0.15) is 28.8 Å². The van der Waals surface area contributed by atoms with Crippen molar-refractivity contribution in [3.8, 4) is 5.75 Å². The van der Waals surface area contributed by atoms with Crippen LogP contribution >= 0.6 is 0 Å². The SMILES string of the molecule is COc1ccc(C(=O)C2CCN(C(=O)Cc3ccccc3)CC2)cc1. The highest BCUT2D eigenvalue weighted by molar-refractivity contribution is 5.98. The molecule has 1 aliphatic rings. The minimum atomic E-state index is -0.00540. The van der Waals surface area contributed by atoms with E-state index in [0.717, 1.165) is 29.7 Å². The second-order valence-electron chi connectivity index (χ2n) is 6.41. The van der Waals surface area contributed by atoms with Gasteiger partial charge in [-0.2, -0.15) is 0 Å². The maximum Gasteiger partial charge on any atom is 0.226 e. The lowest BCUT2D eigenvalue weighted by Gasteiger charge is -2.31. The molecule has 0 unspecified atom stereocenters. The highest BCUT2D eigenvalue weighted by Gasteiger charge is 2.27. The first kappa shape index (κ1) is 17.2. The Balaban J connectivity index is 1.54. The molecule has 130 valence electrons. The molecular formula is C21H23NO3. The van der Waals surface area contributed by atoms with E-state index in [1.54, 1.807) is 7.11 Å². The van der Waals surface area contributed by atoms with Crippen LogP contribution < -0.4 is 4.74 Å². The summed E-state index contributed by atoms with van der Waals surface area (Å²) in [4.78, 5) is 26.9. The van der Waals surface area contributed by atoms with E-state index < -0.39 is 0 Å². The Labute approximate surface area is 148 Å². The second kappa shape index (κ2) is 7.97. The van der Waals surface area contributed by atoms with Crippen LogP contribution in [0.15, 0.2) is 54.6 Å². The first-order valence-electron chi connectivity index (χ1n) is 8.67. The molecule has 0 aliphatic carbocycles. The van der Waals surface area contributed by atoms with Gasteiger partial charge in [0.1, 0.15) is 5.75 Å². The van der Waals surface area contributed by atoms with Crippen LogP contribution in [-0.4, -0.2) is 36.8 Å². The van der Waals surface area contributed by atoms with E-state index in [0.29, 0.717) is 19.5 Å². The number of hydrogen-bond donors (Lipinski definition) is 0. The number of Topliss-reactive ketones (excluding diaryl/α,β-unsaturated/α-hetero) is 1. The number of carbonyl (C=O) groups is 2. The first-order chi connectivity index (χ1) is 12.2. The van der Waals surface area contributed by atoms with Crippen LogP contribution in [0.25, 0.3) is 0 Å². The van der Waals surface area contributed by atoms with Gasteiger partial charge in [0.2, 0.25) is 5.91 Å². The molecule has 0 radical (unpaired) electrons. The van der Waals surface area contributed by atoms with Crippen molar-refractivity contribution in [1.82, 2.24) is 4.90 Å². The minimum Gasteiger partial charge on any atom is -0.497 e. The number of nitrogens with zero attached hydrogens (tertiary/aromatic N) is 1. The van der Waals surface area contributed by atoms with E-state index in [2.05, 4.69) is 0 Å². The number of benzene rings is 2. The van der Waals surface area contributed by atoms with Gasteiger partial charge in [0.25, 0.3) is 0 Å². The van der Waals surface area contributed by atoms with Gasteiger partial charge in [-0.25, -0.2) is 0 Å². The van der Waals surface area contributed by atoms with Crippen LogP contribution in [0.4, 0.5) is 0 Å². The van der Waals surface area contributed by atoms with E-state index in [9.17, 15) is 9.59 Å². The fraction of sp³-hybridized carbons (Fsp3) is 0.333. The van der Waals surface area contributed by atoms with E-state index in [4.69, 9.17) is 4.74 Å². The molecule has 2 aromatic rings. The predicted molar refractivity (Wildman–Crippen MR) is 96.8 cm³/mol. The van der Waals surface area contributed by atoms with Crippen molar-refractivity contribution in [2.45, 2.75) is 19.3 Å². The third kappa shape index (κ3) is 4.27. The van der Waals surface area contributed by atoms with Crippen LogP contribution in [0.3, 0.4) is 0 Å². The highest BCUT2D eigenvalue weighted by atomic mass is 16.5. The second-order valence-corrected chi connectivity index (χ2v) is 6.41. The average Bonchev–Trinajstić information content (AvgIpc) is 2.68. The van der Waals surface area contributed by atoms with Crippen LogP contribution in [-0.2, 0) is 11.2 Å². The summed E-state index contributed by atoms with van der Waals surface area (Å²) in [6, 6.07) is 17.0. The molecule has 1 amide bonds. The van der Waals surface area contributed by atoms with Crippen molar-refractivity contribution in [2.24, 2.45) is 5.92 Å². The van der Waals surface area contributed by atoms with Gasteiger partial charge in [-0.15, -0.1) is 0 Å². The third-order valence-electron chi connectivity index (χ3n) is 4.79. The summed E-state index contributed by atoms with van der Waals surface area (Å²) in [7, 11) is 1.61. The largest absolute Gasteiger partial charge is 0.497 e. The number of amides is 1. The predicted octanol–water partition coefficient (Wildman–Crippen LogP) is 3.36. The number of likely N-dealkylation sites (tertiary alicyclic amines) is 1. The van der Waals surface area contributed by atoms with Gasteiger partial charge in [0.05, 0.1) is 13.5 Å². The molecule has 1 fully saturated rings.